The fraction of sp³-hybridized carbons (Fsp3) is 0.500. The lowest BCUT2D eigenvalue weighted by atomic mass is 9.92. The quantitative estimate of drug-likeness (QED) is 0.678. The second-order valence-electron chi connectivity index (χ2n) is 4.15. The highest BCUT2D eigenvalue weighted by atomic mass is 32.2. The van der Waals surface area contributed by atoms with Crippen molar-refractivity contribution >= 4 is 17.7 Å². The maximum absolute atomic E-state index is 11.8. The van der Waals surface area contributed by atoms with Crippen LogP contribution in [0.4, 0.5) is 0 Å². The molecule has 1 rings (SSSR count). The van der Waals surface area contributed by atoms with Crippen LogP contribution in [0, 0.1) is 0 Å². The van der Waals surface area contributed by atoms with Gasteiger partial charge in [-0.2, -0.15) is 11.8 Å². The van der Waals surface area contributed by atoms with Crippen LogP contribution >= 0.6 is 11.8 Å². The smallest absolute Gasteiger partial charge is 0.329 e. The van der Waals surface area contributed by atoms with Crippen molar-refractivity contribution in [3.05, 3.63) is 35.9 Å². The molecule has 0 aliphatic rings. The second-order valence-corrected chi connectivity index (χ2v) is 5.26. The van der Waals surface area contributed by atoms with Gasteiger partial charge in [0.05, 0.1) is 6.61 Å². The zero-order valence-corrected chi connectivity index (χ0v) is 12.2. The van der Waals surface area contributed by atoms with Gasteiger partial charge in [-0.05, 0) is 12.1 Å². The Morgan fingerprint density at radius 1 is 1.42 bits per heavy atom. The van der Waals surface area contributed by atoms with E-state index in [1.807, 2.05) is 37.3 Å². The molecule has 19 heavy (non-hydrogen) atoms. The normalized spacial score (nSPS) is 14.0. The lowest BCUT2D eigenvalue weighted by molar-refractivity contribution is -0.144. The Balaban J connectivity index is 2.91. The first-order valence-electron chi connectivity index (χ1n) is 6.28. The molecule has 0 aliphatic heterocycles. The van der Waals surface area contributed by atoms with Crippen LogP contribution in [-0.4, -0.2) is 42.8 Å². The summed E-state index contributed by atoms with van der Waals surface area (Å²) in [5.41, 5.74) is -0.247. The Labute approximate surface area is 118 Å². The van der Waals surface area contributed by atoms with E-state index in [4.69, 9.17) is 4.74 Å². The number of nitrogens with one attached hydrogen (secondary N) is 1. The van der Waals surface area contributed by atoms with E-state index in [-0.39, 0.29) is 0 Å². The number of methoxy groups -OCH3 is 1. The monoisotopic (exact) mass is 283 g/mol. The Morgan fingerprint density at radius 3 is 2.63 bits per heavy atom. The molecule has 0 aliphatic carbocycles. The highest BCUT2D eigenvalue weighted by molar-refractivity contribution is 7.99. The van der Waals surface area contributed by atoms with Crippen LogP contribution in [0.15, 0.2) is 30.3 Å². The minimum atomic E-state index is -1.03. The number of hydrogen-bond acceptors (Lipinski definition) is 4. The van der Waals surface area contributed by atoms with Crippen molar-refractivity contribution in [3.8, 4) is 0 Å². The molecule has 0 bridgehead atoms. The molecule has 106 valence electrons. The predicted molar refractivity (Wildman–Crippen MR) is 78.6 cm³/mol. The second kappa shape index (κ2) is 8.19. The fourth-order valence-corrected chi connectivity index (χ4v) is 3.02. The van der Waals surface area contributed by atoms with Crippen LogP contribution in [-0.2, 0) is 15.1 Å². The number of aliphatic carboxylic acids is 1. The molecule has 0 amide bonds. The summed E-state index contributed by atoms with van der Waals surface area (Å²) in [5.74, 6) is 0.415. The molecule has 2 N–H and O–H groups in total. The maximum Gasteiger partial charge on any atom is 0.329 e. The number of thioether (sulfide) groups is 1. The molecule has 1 atom stereocenters. The third-order valence-corrected chi connectivity index (χ3v) is 3.95. The molecule has 0 heterocycles. The Bertz CT molecular complexity index is 386. The highest BCUT2D eigenvalue weighted by Gasteiger charge is 2.39. The number of hydrogen-bond donors (Lipinski definition) is 2. The van der Waals surface area contributed by atoms with Gasteiger partial charge in [0.15, 0.2) is 5.54 Å². The number of rotatable bonds is 9. The standard InChI is InChI=1S/C14H21NO3S/c1-3-15-14(13(16)17,11-19-10-9-18-2)12-7-5-4-6-8-12/h4-8,15H,3,9-11H2,1-2H3,(H,16,17). The highest BCUT2D eigenvalue weighted by Crippen LogP contribution is 2.26. The maximum atomic E-state index is 11.8. The van der Waals surface area contributed by atoms with Crippen LogP contribution in [0.3, 0.4) is 0 Å². The molecule has 1 unspecified atom stereocenters. The van der Waals surface area contributed by atoms with Gasteiger partial charge in [-0.15, -0.1) is 0 Å². The molecule has 0 saturated carbocycles. The van der Waals surface area contributed by atoms with E-state index in [9.17, 15) is 9.90 Å². The van der Waals surface area contributed by atoms with Gasteiger partial charge < -0.3 is 9.84 Å². The Kier molecular flexibility index (Phi) is 6.91. The summed E-state index contributed by atoms with van der Waals surface area (Å²) < 4.78 is 4.99. The van der Waals surface area contributed by atoms with Crippen LogP contribution in [0.5, 0.6) is 0 Å². The van der Waals surface area contributed by atoms with E-state index in [1.165, 1.54) is 0 Å². The van der Waals surface area contributed by atoms with E-state index in [0.29, 0.717) is 18.9 Å². The summed E-state index contributed by atoms with van der Waals surface area (Å²) in [5, 5.41) is 12.8. The van der Waals surface area contributed by atoms with Gasteiger partial charge in [0, 0.05) is 18.6 Å². The minimum Gasteiger partial charge on any atom is -0.480 e. The minimum absolute atomic E-state index is 0.476. The number of carboxylic acid groups (broad SMARTS) is 1. The van der Waals surface area contributed by atoms with Crippen molar-refractivity contribution in [2.45, 2.75) is 12.5 Å². The number of benzene rings is 1. The average molecular weight is 283 g/mol. The van der Waals surface area contributed by atoms with Crippen LogP contribution < -0.4 is 5.32 Å². The Morgan fingerprint density at radius 2 is 2.11 bits per heavy atom. The van der Waals surface area contributed by atoms with Gasteiger partial charge in [-0.3, -0.25) is 5.32 Å². The molecule has 0 spiro atoms. The molecule has 4 nitrogen and oxygen atoms in total. The molecule has 1 aromatic rings. The van der Waals surface area contributed by atoms with Gasteiger partial charge >= 0.3 is 5.97 Å². The van der Waals surface area contributed by atoms with Gasteiger partial charge in [0.2, 0.25) is 0 Å². The average Bonchev–Trinajstić information content (AvgIpc) is 2.43. The summed E-state index contributed by atoms with van der Waals surface area (Å²) in [6.07, 6.45) is 0. The third kappa shape index (κ3) is 4.23. The van der Waals surface area contributed by atoms with Crippen molar-refractivity contribution in [2.75, 3.05) is 31.8 Å². The first kappa shape index (κ1) is 16.0. The van der Waals surface area contributed by atoms with E-state index in [1.54, 1.807) is 18.9 Å². The molecular formula is C14H21NO3S. The molecule has 1 aromatic carbocycles. The van der Waals surface area contributed by atoms with E-state index in [2.05, 4.69) is 5.32 Å². The van der Waals surface area contributed by atoms with E-state index < -0.39 is 11.5 Å². The molecule has 0 saturated heterocycles. The van der Waals surface area contributed by atoms with E-state index in [0.717, 1.165) is 11.3 Å². The third-order valence-electron chi connectivity index (χ3n) is 2.86. The van der Waals surface area contributed by atoms with Gasteiger partial charge in [0.1, 0.15) is 0 Å². The number of likely N-dealkylation sites (N-methyl/N-ethyl adjacent to an activating group) is 1. The summed E-state index contributed by atoms with van der Waals surface area (Å²) in [4.78, 5) is 11.8. The lowest BCUT2D eigenvalue weighted by Gasteiger charge is -2.30. The first-order valence-corrected chi connectivity index (χ1v) is 7.43. The largest absolute Gasteiger partial charge is 0.480 e. The van der Waals surface area contributed by atoms with E-state index >= 15 is 0 Å². The van der Waals surface area contributed by atoms with Crippen LogP contribution in [0.25, 0.3) is 0 Å². The van der Waals surface area contributed by atoms with Crippen molar-refractivity contribution < 1.29 is 14.6 Å². The number of carboxylic acids is 1. The Hall–Kier alpha value is -1.04. The molecular weight excluding hydrogens is 262 g/mol. The summed E-state index contributed by atoms with van der Waals surface area (Å²) in [7, 11) is 1.65. The van der Waals surface area contributed by atoms with Crippen LogP contribution in [0.1, 0.15) is 12.5 Å². The molecule has 0 radical (unpaired) electrons. The number of carbonyl (C=O) groups is 1. The molecule has 0 fully saturated rings. The summed E-state index contributed by atoms with van der Waals surface area (Å²) in [6.45, 7) is 3.15. The van der Waals surface area contributed by atoms with Crippen molar-refractivity contribution in [1.82, 2.24) is 5.32 Å². The zero-order chi connectivity index (χ0) is 14.1. The fourth-order valence-electron chi connectivity index (χ4n) is 1.89. The van der Waals surface area contributed by atoms with Gasteiger partial charge in [-0.1, -0.05) is 37.3 Å². The van der Waals surface area contributed by atoms with Crippen LogP contribution in [0.2, 0.25) is 0 Å². The van der Waals surface area contributed by atoms with Crippen molar-refractivity contribution in [1.29, 1.82) is 0 Å². The topological polar surface area (TPSA) is 58.6 Å². The van der Waals surface area contributed by atoms with Crippen molar-refractivity contribution in [3.63, 3.8) is 0 Å². The predicted octanol–water partition coefficient (Wildman–Crippen LogP) is 1.96. The summed E-state index contributed by atoms with van der Waals surface area (Å²) in [6, 6.07) is 9.33. The summed E-state index contributed by atoms with van der Waals surface area (Å²) >= 11 is 1.58. The molecule has 5 heteroatoms. The van der Waals surface area contributed by atoms with Gasteiger partial charge in [0.25, 0.3) is 0 Å². The zero-order valence-electron chi connectivity index (χ0n) is 11.4. The first-order chi connectivity index (χ1) is 9.17. The SMILES string of the molecule is CCNC(CSCCOC)(C(=O)O)c1ccccc1. The lowest BCUT2D eigenvalue weighted by Crippen LogP contribution is -2.51. The number of ether oxygens (including phenoxy) is 1. The van der Waals surface area contributed by atoms with Gasteiger partial charge in [-0.25, -0.2) is 4.79 Å². The van der Waals surface area contributed by atoms with Crippen molar-refractivity contribution in [2.24, 2.45) is 0 Å². The molecule has 0 aromatic heterocycles.